The Kier molecular flexibility index (Phi) is 14.7. The summed E-state index contributed by atoms with van der Waals surface area (Å²) in [5.41, 5.74) is 29.8. The number of hydrogen-bond donors (Lipinski definition) is 0. The lowest BCUT2D eigenvalue weighted by molar-refractivity contribution is 0.869. The summed E-state index contributed by atoms with van der Waals surface area (Å²) in [7, 11) is -4.08. The third kappa shape index (κ3) is 9.32. The Morgan fingerprint density at radius 1 is 0.247 bits per heavy atom. The van der Waals surface area contributed by atoms with Gasteiger partial charge in [-0.3, -0.25) is 0 Å². The molecule has 0 fully saturated rings. The molecule has 0 aromatic heterocycles. The van der Waals surface area contributed by atoms with Gasteiger partial charge in [-0.05, 0) is 180 Å². The average molecular weight is 1110 g/mol. The third-order valence-electron chi connectivity index (χ3n) is 18.5. The molecule has 12 aromatic carbocycles. The Morgan fingerprint density at radius 2 is 0.447 bits per heavy atom. The molecule has 1 aliphatic rings. The lowest BCUT2D eigenvalue weighted by Gasteiger charge is -2.52. The van der Waals surface area contributed by atoms with E-state index in [0.717, 1.165) is 0 Å². The molecular weight excluding hydrogens is 1040 g/mol. The van der Waals surface area contributed by atoms with Gasteiger partial charge in [-0.1, -0.05) is 315 Å². The molecule has 0 amide bonds. The van der Waals surface area contributed by atoms with E-state index in [0.29, 0.717) is 0 Å². The van der Waals surface area contributed by atoms with Crippen LogP contribution in [0, 0.1) is 20.8 Å². The highest BCUT2D eigenvalue weighted by atomic mass is 28.3. The lowest BCUT2D eigenvalue weighted by Crippen LogP contribution is -2.76. The Hall–Kier alpha value is -9.66. The number of allylic oxidation sites excluding steroid dienone is 4. The molecule has 1 unspecified atom stereocenters. The van der Waals surface area contributed by atoms with E-state index in [1.54, 1.807) is 0 Å². The lowest BCUT2D eigenvalue weighted by atomic mass is 9.85. The van der Waals surface area contributed by atoms with Crippen LogP contribution >= 0.6 is 0 Å². The summed E-state index contributed by atoms with van der Waals surface area (Å²) in [6.07, 6.45) is 2.74. The second-order valence-electron chi connectivity index (χ2n) is 23.4. The monoisotopic (exact) mass is 1110 g/mol. The van der Waals surface area contributed by atoms with Crippen LogP contribution in [0.25, 0.3) is 100 Å². The van der Waals surface area contributed by atoms with E-state index in [9.17, 15) is 0 Å². The zero-order valence-corrected chi connectivity index (χ0v) is 50.8. The summed E-state index contributed by atoms with van der Waals surface area (Å²) in [5, 5.41) is 3.62. The second kappa shape index (κ2) is 22.8. The molecular formula is C84H70Si. The average Bonchev–Trinajstić information content (AvgIpc) is 1.84. The molecule has 0 saturated heterocycles. The van der Waals surface area contributed by atoms with Crippen molar-refractivity contribution in [1.29, 1.82) is 0 Å². The normalized spacial score (nSPS) is 14.1. The standard InChI is InChI=1S/C84H70Si/c1-57-53-72(63-35-17-8-18-36-63)75(66-41-23-11-24-42-66)78(69-47-29-14-30-48-69)81(57)85(84(7)56-60(4)61(5)62(84)6,82-58(2)54-73(64-37-19-9-20-38-64)76(67-43-25-12-26-44-67)79(82)70-49-31-15-32-50-70)83-59(3)55-74(65-39-21-10-22-40-65)77(68-45-27-13-28-46-68)80(83)71-51-33-16-34-52-71/h8-56H,1-7H3. The molecule has 12 aromatic rings. The number of aryl methyl sites for hydroxylation is 3. The summed E-state index contributed by atoms with van der Waals surface area (Å²) in [6.45, 7) is 17.3. The van der Waals surface area contributed by atoms with Gasteiger partial charge in [0.15, 0.2) is 8.07 Å². The minimum atomic E-state index is -4.08. The molecule has 1 heteroatoms. The highest BCUT2D eigenvalue weighted by Gasteiger charge is 2.61. The van der Waals surface area contributed by atoms with Crippen molar-refractivity contribution >= 4 is 23.6 Å². The summed E-state index contributed by atoms with van der Waals surface area (Å²) < 4.78 is 0. The molecule has 0 heterocycles. The number of rotatable bonds is 13. The van der Waals surface area contributed by atoms with Crippen LogP contribution in [-0.2, 0) is 0 Å². The molecule has 0 bridgehead atoms. The van der Waals surface area contributed by atoms with E-state index in [2.05, 4.69) is 346 Å². The first kappa shape index (κ1) is 54.6. The topological polar surface area (TPSA) is 0 Å². The summed E-state index contributed by atoms with van der Waals surface area (Å²) >= 11 is 0. The Balaban J connectivity index is 1.42. The molecule has 13 rings (SSSR count). The minimum Gasteiger partial charge on any atom is -0.0730 e. The molecule has 1 atom stereocenters. The van der Waals surface area contributed by atoms with Crippen LogP contribution in [0.15, 0.2) is 314 Å². The van der Waals surface area contributed by atoms with Gasteiger partial charge in [0.05, 0.1) is 0 Å². The van der Waals surface area contributed by atoms with Gasteiger partial charge >= 0.3 is 0 Å². The van der Waals surface area contributed by atoms with Gasteiger partial charge in [0.2, 0.25) is 0 Å². The van der Waals surface area contributed by atoms with Gasteiger partial charge in [-0.25, -0.2) is 0 Å². The van der Waals surface area contributed by atoms with Crippen molar-refractivity contribution in [3.63, 3.8) is 0 Å². The van der Waals surface area contributed by atoms with Crippen LogP contribution in [0.2, 0.25) is 5.04 Å². The molecule has 0 nitrogen and oxygen atoms in total. The van der Waals surface area contributed by atoms with Crippen molar-refractivity contribution in [3.8, 4) is 100 Å². The van der Waals surface area contributed by atoms with Gasteiger partial charge in [0.25, 0.3) is 0 Å². The molecule has 0 N–H and O–H groups in total. The molecule has 0 aliphatic heterocycles. The summed E-state index contributed by atoms with van der Waals surface area (Å²) in [4.78, 5) is 0. The second-order valence-corrected chi connectivity index (χ2v) is 27.5. The SMILES string of the molecule is CC1=CC(C)([Si](c2c(C)cc(-c3ccccc3)c(-c3ccccc3)c2-c2ccccc2)(c2c(C)cc(-c3ccccc3)c(-c3ccccc3)c2-c2ccccc2)c2c(C)cc(-c3ccccc3)c(-c3ccccc3)c2-c2ccccc2)C(C)=C1C. The van der Waals surface area contributed by atoms with Gasteiger partial charge in [0, 0.05) is 5.04 Å². The maximum atomic E-state index is 2.74. The van der Waals surface area contributed by atoms with Crippen LogP contribution in [0.5, 0.6) is 0 Å². The van der Waals surface area contributed by atoms with Crippen molar-refractivity contribution in [3.05, 3.63) is 331 Å². The molecule has 410 valence electrons. The smallest absolute Gasteiger partial charge is 0.0730 e. The fourth-order valence-electron chi connectivity index (χ4n) is 14.7. The van der Waals surface area contributed by atoms with Crippen molar-refractivity contribution in [2.24, 2.45) is 0 Å². The fourth-order valence-corrected chi connectivity index (χ4v) is 22.1. The Morgan fingerprint density at radius 3 is 0.647 bits per heavy atom. The quantitative estimate of drug-likeness (QED) is 0.0797. The Bertz CT molecular complexity index is 4030. The molecule has 0 saturated carbocycles. The highest BCUT2D eigenvalue weighted by Crippen LogP contribution is 2.58. The summed E-state index contributed by atoms with van der Waals surface area (Å²) in [5.74, 6) is 0. The van der Waals surface area contributed by atoms with E-state index >= 15 is 0 Å². The van der Waals surface area contributed by atoms with E-state index in [1.165, 1.54) is 149 Å². The molecule has 0 spiro atoms. The highest BCUT2D eigenvalue weighted by molar-refractivity contribution is 7.16. The van der Waals surface area contributed by atoms with E-state index in [4.69, 9.17) is 0 Å². The van der Waals surface area contributed by atoms with Crippen LogP contribution in [0.3, 0.4) is 0 Å². The van der Waals surface area contributed by atoms with Crippen molar-refractivity contribution < 1.29 is 0 Å². The zero-order valence-electron chi connectivity index (χ0n) is 49.8. The van der Waals surface area contributed by atoms with Crippen molar-refractivity contribution in [2.75, 3.05) is 0 Å². The van der Waals surface area contributed by atoms with Crippen LogP contribution in [0.4, 0.5) is 0 Å². The summed E-state index contributed by atoms with van der Waals surface area (Å²) in [6, 6.07) is 110. The maximum absolute atomic E-state index is 4.08. The first-order chi connectivity index (χ1) is 41.6. The van der Waals surface area contributed by atoms with E-state index < -0.39 is 13.1 Å². The van der Waals surface area contributed by atoms with Crippen LogP contribution in [0.1, 0.15) is 44.4 Å². The molecule has 85 heavy (non-hydrogen) atoms. The van der Waals surface area contributed by atoms with Gasteiger partial charge < -0.3 is 0 Å². The predicted molar refractivity (Wildman–Crippen MR) is 368 cm³/mol. The first-order valence-electron chi connectivity index (χ1n) is 30.0. The zero-order chi connectivity index (χ0) is 58.2. The third-order valence-corrected chi connectivity index (χ3v) is 24.8. The van der Waals surface area contributed by atoms with E-state index in [-0.39, 0.29) is 0 Å². The number of hydrogen-bond acceptors (Lipinski definition) is 0. The van der Waals surface area contributed by atoms with Crippen molar-refractivity contribution in [2.45, 2.75) is 53.5 Å². The maximum Gasteiger partial charge on any atom is 0.164 e. The van der Waals surface area contributed by atoms with Gasteiger partial charge in [0.1, 0.15) is 0 Å². The first-order valence-corrected chi connectivity index (χ1v) is 32.0. The number of benzene rings is 12. The van der Waals surface area contributed by atoms with Gasteiger partial charge in [-0.15, -0.1) is 0 Å². The van der Waals surface area contributed by atoms with Crippen LogP contribution in [-0.4, -0.2) is 8.07 Å². The van der Waals surface area contributed by atoms with E-state index in [1.807, 2.05) is 0 Å². The minimum absolute atomic E-state index is 0.620. The molecule has 0 radical (unpaired) electrons. The fraction of sp³-hybridized carbons (Fsp3) is 0.0952. The Labute approximate surface area is 504 Å². The van der Waals surface area contributed by atoms with Crippen LogP contribution < -0.4 is 15.6 Å². The van der Waals surface area contributed by atoms with Crippen molar-refractivity contribution in [1.82, 2.24) is 0 Å². The predicted octanol–water partition coefficient (Wildman–Crippen LogP) is 21.1. The largest absolute Gasteiger partial charge is 0.164 e. The molecule has 1 aliphatic carbocycles. The van der Waals surface area contributed by atoms with Gasteiger partial charge in [-0.2, -0.15) is 0 Å².